The van der Waals surface area contributed by atoms with Gasteiger partial charge in [0.1, 0.15) is 0 Å². The van der Waals surface area contributed by atoms with Crippen molar-refractivity contribution in [2.75, 3.05) is 13.1 Å². The van der Waals surface area contributed by atoms with Gasteiger partial charge in [-0.3, -0.25) is 4.98 Å². The van der Waals surface area contributed by atoms with Crippen LogP contribution in [-0.4, -0.2) is 18.1 Å². The molecule has 1 N–H and O–H groups in total. The lowest BCUT2D eigenvalue weighted by Crippen LogP contribution is -2.28. The van der Waals surface area contributed by atoms with Gasteiger partial charge in [-0.2, -0.15) is 0 Å². The highest BCUT2D eigenvalue weighted by molar-refractivity contribution is 9.10. The minimum Gasteiger partial charge on any atom is -0.317 e. The first-order valence-electron chi connectivity index (χ1n) is 5.16. The van der Waals surface area contributed by atoms with Crippen LogP contribution in [0.2, 0.25) is 0 Å². The Bertz CT molecular complexity index is 278. The summed E-state index contributed by atoms with van der Waals surface area (Å²) in [4.78, 5) is 4.41. The zero-order chi connectivity index (χ0) is 9.80. The third-order valence-corrected chi connectivity index (χ3v) is 3.21. The van der Waals surface area contributed by atoms with E-state index in [1.54, 1.807) is 0 Å². The first kappa shape index (κ1) is 10.1. The van der Waals surface area contributed by atoms with Gasteiger partial charge in [0, 0.05) is 16.4 Å². The standard InChI is InChI=1S/C11H15BrN2/c12-10-1-2-11(14-8-10)7-9-3-5-13-6-4-9/h1-2,8-9,13H,3-7H2. The van der Waals surface area contributed by atoms with E-state index in [4.69, 9.17) is 0 Å². The van der Waals surface area contributed by atoms with Crippen molar-refractivity contribution in [3.63, 3.8) is 0 Å². The second-order valence-corrected chi connectivity index (χ2v) is 4.78. The van der Waals surface area contributed by atoms with Crippen LogP contribution in [0.4, 0.5) is 0 Å². The van der Waals surface area contributed by atoms with Crippen LogP contribution >= 0.6 is 15.9 Å². The third-order valence-electron chi connectivity index (χ3n) is 2.75. The summed E-state index contributed by atoms with van der Waals surface area (Å²) >= 11 is 3.40. The van der Waals surface area contributed by atoms with E-state index in [1.807, 2.05) is 6.20 Å². The number of pyridine rings is 1. The second kappa shape index (κ2) is 4.89. The zero-order valence-electron chi connectivity index (χ0n) is 8.17. The zero-order valence-corrected chi connectivity index (χ0v) is 9.76. The molecule has 0 unspecified atom stereocenters. The van der Waals surface area contributed by atoms with Crippen LogP contribution in [0, 0.1) is 5.92 Å². The average molecular weight is 255 g/mol. The van der Waals surface area contributed by atoms with Gasteiger partial charge in [0.05, 0.1) is 0 Å². The van der Waals surface area contributed by atoms with Crippen molar-refractivity contribution in [3.8, 4) is 0 Å². The first-order valence-corrected chi connectivity index (χ1v) is 5.95. The molecular weight excluding hydrogens is 240 g/mol. The van der Waals surface area contributed by atoms with Crippen LogP contribution in [0.25, 0.3) is 0 Å². The maximum absolute atomic E-state index is 4.41. The molecule has 76 valence electrons. The highest BCUT2D eigenvalue weighted by Crippen LogP contribution is 2.17. The number of piperidine rings is 1. The summed E-state index contributed by atoms with van der Waals surface area (Å²) in [6.07, 6.45) is 5.60. The summed E-state index contributed by atoms with van der Waals surface area (Å²) in [6, 6.07) is 4.19. The van der Waals surface area contributed by atoms with Gasteiger partial charge in [-0.15, -0.1) is 0 Å². The van der Waals surface area contributed by atoms with Crippen molar-refractivity contribution >= 4 is 15.9 Å². The second-order valence-electron chi connectivity index (χ2n) is 3.87. The van der Waals surface area contributed by atoms with Gasteiger partial charge in [-0.25, -0.2) is 0 Å². The van der Waals surface area contributed by atoms with Crippen molar-refractivity contribution in [1.82, 2.24) is 10.3 Å². The number of nitrogens with zero attached hydrogens (tertiary/aromatic N) is 1. The smallest absolute Gasteiger partial charge is 0.0413 e. The molecule has 0 amide bonds. The maximum Gasteiger partial charge on any atom is 0.0413 e. The Morgan fingerprint density at radius 3 is 2.79 bits per heavy atom. The predicted molar refractivity (Wildman–Crippen MR) is 61.2 cm³/mol. The van der Waals surface area contributed by atoms with E-state index in [2.05, 4.69) is 38.4 Å². The van der Waals surface area contributed by atoms with Gasteiger partial charge >= 0.3 is 0 Å². The van der Waals surface area contributed by atoms with E-state index in [0.717, 1.165) is 16.8 Å². The van der Waals surface area contributed by atoms with E-state index < -0.39 is 0 Å². The Morgan fingerprint density at radius 2 is 2.14 bits per heavy atom. The molecule has 2 rings (SSSR count). The first-order chi connectivity index (χ1) is 6.84. The van der Waals surface area contributed by atoms with Gasteiger partial charge < -0.3 is 5.32 Å². The van der Waals surface area contributed by atoms with E-state index in [9.17, 15) is 0 Å². The summed E-state index contributed by atoms with van der Waals surface area (Å²) in [5, 5.41) is 3.38. The fourth-order valence-electron chi connectivity index (χ4n) is 1.91. The molecule has 2 nitrogen and oxygen atoms in total. The quantitative estimate of drug-likeness (QED) is 0.877. The van der Waals surface area contributed by atoms with E-state index in [0.29, 0.717) is 0 Å². The summed E-state index contributed by atoms with van der Waals surface area (Å²) in [5.41, 5.74) is 1.22. The van der Waals surface area contributed by atoms with Gasteiger partial charge in [0.15, 0.2) is 0 Å². The fraction of sp³-hybridized carbons (Fsp3) is 0.545. The summed E-state index contributed by atoms with van der Waals surface area (Å²) in [5.74, 6) is 0.824. The minimum absolute atomic E-state index is 0.824. The van der Waals surface area contributed by atoms with E-state index >= 15 is 0 Å². The maximum atomic E-state index is 4.41. The van der Waals surface area contributed by atoms with Crippen molar-refractivity contribution in [3.05, 3.63) is 28.5 Å². The lowest BCUT2D eigenvalue weighted by Gasteiger charge is -2.22. The van der Waals surface area contributed by atoms with Gasteiger partial charge in [-0.05, 0) is 66.3 Å². The minimum atomic E-state index is 0.824. The van der Waals surface area contributed by atoms with E-state index in [1.165, 1.54) is 31.6 Å². The van der Waals surface area contributed by atoms with Crippen LogP contribution < -0.4 is 5.32 Å². The number of aromatic nitrogens is 1. The van der Waals surface area contributed by atoms with Crippen LogP contribution in [-0.2, 0) is 6.42 Å². The SMILES string of the molecule is Brc1ccc(CC2CCNCC2)nc1. The van der Waals surface area contributed by atoms with Crippen LogP contribution in [0.15, 0.2) is 22.8 Å². The molecule has 0 aromatic carbocycles. The average Bonchev–Trinajstić information content (AvgIpc) is 2.23. The molecule has 0 radical (unpaired) electrons. The number of nitrogens with one attached hydrogen (secondary N) is 1. The van der Waals surface area contributed by atoms with Crippen LogP contribution in [0.5, 0.6) is 0 Å². The largest absolute Gasteiger partial charge is 0.317 e. The molecule has 1 fully saturated rings. The van der Waals surface area contributed by atoms with Gasteiger partial charge in [0.2, 0.25) is 0 Å². The molecule has 3 heteroatoms. The van der Waals surface area contributed by atoms with Gasteiger partial charge in [-0.1, -0.05) is 0 Å². The van der Waals surface area contributed by atoms with Gasteiger partial charge in [0.25, 0.3) is 0 Å². The van der Waals surface area contributed by atoms with Crippen LogP contribution in [0.3, 0.4) is 0 Å². The summed E-state index contributed by atoms with van der Waals surface area (Å²) in [7, 11) is 0. The van der Waals surface area contributed by atoms with Crippen molar-refractivity contribution < 1.29 is 0 Å². The van der Waals surface area contributed by atoms with Crippen molar-refractivity contribution in [2.45, 2.75) is 19.3 Å². The molecule has 0 atom stereocenters. The molecular formula is C11H15BrN2. The molecule has 0 bridgehead atoms. The number of hydrogen-bond acceptors (Lipinski definition) is 2. The lowest BCUT2D eigenvalue weighted by atomic mass is 9.93. The monoisotopic (exact) mass is 254 g/mol. The topological polar surface area (TPSA) is 24.9 Å². The molecule has 1 aromatic rings. The molecule has 2 heterocycles. The molecule has 14 heavy (non-hydrogen) atoms. The Morgan fingerprint density at radius 1 is 1.36 bits per heavy atom. The number of halogens is 1. The number of rotatable bonds is 2. The lowest BCUT2D eigenvalue weighted by molar-refractivity contribution is 0.370. The summed E-state index contributed by atoms with van der Waals surface area (Å²) < 4.78 is 1.06. The van der Waals surface area contributed by atoms with Crippen LogP contribution in [0.1, 0.15) is 18.5 Å². The number of hydrogen-bond donors (Lipinski definition) is 1. The molecule has 0 spiro atoms. The molecule has 1 aliphatic rings. The normalized spacial score (nSPS) is 18.4. The third kappa shape index (κ3) is 2.79. The van der Waals surface area contributed by atoms with Crippen molar-refractivity contribution in [1.29, 1.82) is 0 Å². The molecule has 1 saturated heterocycles. The molecule has 1 aliphatic heterocycles. The molecule has 1 aromatic heterocycles. The highest BCUT2D eigenvalue weighted by Gasteiger charge is 2.13. The fourth-order valence-corrected chi connectivity index (χ4v) is 2.14. The Hall–Kier alpha value is -0.410. The summed E-state index contributed by atoms with van der Waals surface area (Å²) in [6.45, 7) is 2.34. The predicted octanol–water partition coefficient (Wildman–Crippen LogP) is 2.39. The van der Waals surface area contributed by atoms with Crippen molar-refractivity contribution in [2.24, 2.45) is 5.92 Å². The highest BCUT2D eigenvalue weighted by atomic mass is 79.9. The Balaban J connectivity index is 1.92. The Labute approximate surface area is 93.3 Å². The Kier molecular flexibility index (Phi) is 3.54. The molecule has 0 saturated carbocycles. The molecule has 0 aliphatic carbocycles. The van der Waals surface area contributed by atoms with E-state index in [-0.39, 0.29) is 0 Å².